The van der Waals surface area contributed by atoms with Crippen LogP contribution in [0.25, 0.3) is 12.2 Å². The van der Waals surface area contributed by atoms with E-state index in [0.29, 0.717) is 21.9 Å². The number of phenols is 2. The lowest BCUT2D eigenvalue weighted by Crippen LogP contribution is -2.26. The molecule has 2 aromatic rings. The maximum atomic E-state index is 12.1. The van der Waals surface area contributed by atoms with Crippen molar-refractivity contribution < 1.29 is 36.5 Å². The third-order valence-corrected chi connectivity index (χ3v) is 6.37. The standard InChI is InChI=1S/C18H19NO8S2/c1-26-17-11-13(3-5-15(17)20)7-9-28(22,23)19-29(24,25)10-8-14-4-6-16(21)18(12-14)27-2/h3-12,19-21H,1-2H3. The summed E-state index contributed by atoms with van der Waals surface area (Å²) in [6.07, 6.45) is 2.29. The van der Waals surface area contributed by atoms with E-state index in [1.165, 1.54) is 50.6 Å². The van der Waals surface area contributed by atoms with Crippen LogP contribution in [0.1, 0.15) is 11.1 Å². The van der Waals surface area contributed by atoms with Crippen molar-refractivity contribution in [3.8, 4) is 23.0 Å². The molecule has 0 spiro atoms. The van der Waals surface area contributed by atoms with Gasteiger partial charge in [-0.15, -0.1) is 4.13 Å². The van der Waals surface area contributed by atoms with Gasteiger partial charge in [0.25, 0.3) is 0 Å². The zero-order valence-corrected chi connectivity index (χ0v) is 17.1. The molecule has 2 aromatic carbocycles. The summed E-state index contributed by atoms with van der Waals surface area (Å²) in [6.45, 7) is 0. The highest BCUT2D eigenvalue weighted by Crippen LogP contribution is 2.27. The van der Waals surface area contributed by atoms with E-state index in [2.05, 4.69) is 0 Å². The molecular formula is C18H19NO8S2. The molecule has 9 nitrogen and oxygen atoms in total. The molecule has 0 bridgehead atoms. The molecule has 3 N–H and O–H groups in total. The molecule has 0 saturated heterocycles. The number of benzene rings is 2. The van der Waals surface area contributed by atoms with Gasteiger partial charge in [-0.25, -0.2) is 16.8 Å². The molecule has 0 atom stereocenters. The van der Waals surface area contributed by atoms with Gasteiger partial charge >= 0.3 is 0 Å². The quantitative estimate of drug-likeness (QED) is 0.565. The van der Waals surface area contributed by atoms with Crippen LogP contribution in [0.4, 0.5) is 0 Å². The van der Waals surface area contributed by atoms with Gasteiger partial charge in [-0.2, -0.15) is 0 Å². The van der Waals surface area contributed by atoms with E-state index < -0.39 is 20.0 Å². The van der Waals surface area contributed by atoms with Crippen LogP contribution in [-0.4, -0.2) is 41.3 Å². The maximum Gasteiger partial charge on any atom is 0.246 e. The number of phenolic OH excluding ortho intramolecular Hbond substituents is 2. The highest BCUT2D eigenvalue weighted by Gasteiger charge is 2.15. The Labute approximate surface area is 168 Å². The smallest absolute Gasteiger partial charge is 0.246 e. The van der Waals surface area contributed by atoms with E-state index in [0.717, 1.165) is 12.2 Å². The highest BCUT2D eigenvalue weighted by atomic mass is 32.3. The van der Waals surface area contributed by atoms with Crippen LogP contribution < -0.4 is 13.6 Å². The summed E-state index contributed by atoms with van der Waals surface area (Å²) in [5, 5.41) is 20.4. The molecule has 156 valence electrons. The molecule has 11 heteroatoms. The lowest BCUT2D eigenvalue weighted by Gasteiger charge is -2.05. The summed E-state index contributed by atoms with van der Waals surface area (Å²) in [5.41, 5.74) is 0.739. The van der Waals surface area contributed by atoms with Crippen LogP contribution in [0.5, 0.6) is 23.0 Å². The molecule has 0 unspecified atom stereocenters. The van der Waals surface area contributed by atoms with Gasteiger partial charge in [0.1, 0.15) is 0 Å². The first-order valence-corrected chi connectivity index (χ1v) is 11.0. The molecule has 0 aliphatic heterocycles. The molecular weight excluding hydrogens is 422 g/mol. The lowest BCUT2D eigenvalue weighted by molar-refractivity contribution is 0.373. The highest BCUT2D eigenvalue weighted by molar-refractivity contribution is 8.07. The predicted octanol–water partition coefficient (Wildman–Crippen LogP) is 2.01. The van der Waals surface area contributed by atoms with E-state index >= 15 is 0 Å². The fourth-order valence-corrected chi connectivity index (χ4v) is 4.56. The van der Waals surface area contributed by atoms with Crippen molar-refractivity contribution in [2.24, 2.45) is 0 Å². The second-order valence-corrected chi connectivity index (χ2v) is 9.03. The minimum Gasteiger partial charge on any atom is -0.504 e. The Bertz CT molecular complexity index is 1060. The molecule has 0 fully saturated rings. The molecule has 2 rings (SSSR count). The van der Waals surface area contributed by atoms with Crippen molar-refractivity contribution in [3.63, 3.8) is 0 Å². The van der Waals surface area contributed by atoms with Gasteiger partial charge in [0.2, 0.25) is 20.0 Å². The lowest BCUT2D eigenvalue weighted by atomic mass is 10.2. The SMILES string of the molecule is COc1cc(C=CS(=O)(=O)NS(=O)(=O)C=Cc2ccc(O)c(OC)c2)ccc1O. The summed E-state index contributed by atoms with van der Waals surface area (Å²) < 4.78 is 59.6. The average molecular weight is 441 g/mol. The Hall–Kier alpha value is -3.02. The topological polar surface area (TPSA) is 139 Å². The Morgan fingerprint density at radius 1 is 0.759 bits per heavy atom. The van der Waals surface area contributed by atoms with Crippen LogP contribution in [0.3, 0.4) is 0 Å². The monoisotopic (exact) mass is 441 g/mol. The number of nitrogens with one attached hydrogen (secondary N) is 1. The minimum absolute atomic E-state index is 0.121. The first kappa shape index (κ1) is 22.3. The number of hydrogen-bond acceptors (Lipinski definition) is 8. The number of ether oxygens (including phenoxy) is 2. The fraction of sp³-hybridized carbons (Fsp3) is 0.111. The second kappa shape index (κ2) is 8.99. The normalized spacial score (nSPS) is 12.5. The third kappa shape index (κ3) is 6.52. The molecule has 29 heavy (non-hydrogen) atoms. The number of sulfonamides is 2. The van der Waals surface area contributed by atoms with Crippen molar-refractivity contribution in [1.29, 1.82) is 0 Å². The zero-order valence-electron chi connectivity index (χ0n) is 15.4. The number of hydrogen-bond donors (Lipinski definition) is 3. The van der Waals surface area contributed by atoms with Crippen molar-refractivity contribution in [2.75, 3.05) is 14.2 Å². The van der Waals surface area contributed by atoms with Crippen molar-refractivity contribution >= 4 is 32.2 Å². The number of methoxy groups -OCH3 is 2. The summed E-state index contributed by atoms with van der Waals surface area (Å²) in [6, 6.07) is 8.24. The van der Waals surface area contributed by atoms with Crippen LogP contribution in [-0.2, 0) is 20.0 Å². The first-order valence-electron chi connectivity index (χ1n) is 7.94. The Morgan fingerprint density at radius 2 is 1.14 bits per heavy atom. The maximum absolute atomic E-state index is 12.1. The van der Waals surface area contributed by atoms with Crippen molar-refractivity contribution in [3.05, 3.63) is 58.3 Å². The first-order chi connectivity index (χ1) is 13.5. The molecule has 0 radical (unpaired) electrons. The van der Waals surface area contributed by atoms with Gasteiger partial charge in [-0.05, 0) is 47.5 Å². The third-order valence-electron chi connectivity index (χ3n) is 3.52. The molecule has 0 amide bonds. The Morgan fingerprint density at radius 3 is 1.48 bits per heavy atom. The van der Waals surface area contributed by atoms with Gasteiger partial charge in [0.05, 0.1) is 14.2 Å². The van der Waals surface area contributed by atoms with E-state index in [-0.39, 0.29) is 23.0 Å². The Balaban J connectivity index is 2.15. The van der Waals surface area contributed by atoms with E-state index in [1.54, 1.807) is 4.13 Å². The van der Waals surface area contributed by atoms with Crippen molar-refractivity contribution in [1.82, 2.24) is 4.13 Å². The minimum atomic E-state index is -4.33. The van der Waals surface area contributed by atoms with E-state index in [9.17, 15) is 27.0 Å². The van der Waals surface area contributed by atoms with Gasteiger partial charge in [-0.1, -0.05) is 12.1 Å². The van der Waals surface area contributed by atoms with Crippen LogP contribution in [0.2, 0.25) is 0 Å². The second-order valence-electron chi connectivity index (χ2n) is 5.64. The number of aromatic hydroxyl groups is 2. The van der Waals surface area contributed by atoms with Gasteiger partial charge < -0.3 is 19.7 Å². The summed E-state index contributed by atoms with van der Waals surface area (Å²) in [5.74, 6) is 0.0307. The molecule has 0 aliphatic rings. The van der Waals surface area contributed by atoms with E-state index in [1.807, 2.05) is 0 Å². The molecule has 0 saturated carbocycles. The molecule has 0 aromatic heterocycles. The predicted molar refractivity (Wildman–Crippen MR) is 108 cm³/mol. The fourth-order valence-electron chi connectivity index (χ4n) is 2.15. The summed E-state index contributed by atoms with van der Waals surface area (Å²) in [4.78, 5) is 0. The van der Waals surface area contributed by atoms with Gasteiger partial charge in [0.15, 0.2) is 23.0 Å². The van der Waals surface area contributed by atoms with Gasteiger partial charge in [-0.3, -0.25) is 0 Å². The van der Waals surface area contributed by atoms with Gasteiger partial charge in [0, 0.05) is 10.8 Å². The molecule has 0 heterocycles. The zero-order chi connectivity index (χ0) is 21.7. The summed E-state index contributed by atoms with van der Waals surface area (Å²) in [7, 11) is -5.98. The van der Waals surface area contributed by atoms with Crippen LogP contribution in [0.15, 0.2) is 47.2 Å². The molecule has 0 aliphatic carbocycles. The van der Waals surface area contributed by atoms with Crippen LogP contribution >= 0.6 is 0 Å². The summed E-state index contributed by atoms with van der Waals surface area (Å²) >= 11 is 0. The average Bonchev–Trinajstić information content (AvgIpc) is 2.66. The van der Waals surface area contributed by atoms with Crippen molar-refractivity contribution in [2.45, 2.75) is 0 Å². The van der Waals surface area contributed by atoms with Crippen LogP contribution in [0, 0.1) is 0 Å². The largest absolute Gasteiger partial charge is 0.504 e. The van der Waals surface area contributed by atoms with E-state index in [4.69, 9.17) is 9.47 Å². The number of rotatable bonds is 8. The Kier molecular flexibility index (Phi) is 6.90.